The number of fused-ring (bicyclic) bond motifs is 1. The molecule has 2 N–H and O–H groups in total. The maximum atomic E-state index is 12.2. The summed E-state index contributed by atoms with van der Waals surface area (Å²) in [5.41, 5.74) is -0.0915. The molecule has 9 heteroatoms. The molecule has 0 atom stereocenters. The van der Waals surface area contributed by atoms with Gasteiger partial charge in [-0.3, -0.25) is 14.3 Å². The maximum absolute atomic E-state index is 12.2. The number of hydrogen-bond donors (Lipinski definition) is 2. The number of furan rings is 1. The van der Waals surface area contributed by atoms with Crippen molar-refractivity contribution in [3.05, 3.63) is 66.6 Å². The molecule has 0 amide bonds. The van der Waals surface area contributed by atoms with E-state index in [2.05, 4.69) is 16.0 Å². The first kappa shape index (κ1) is 18.0. The van der Waals surface area contributed by atoms with Crippen molar-refractivity contribution < 1.29 is 9.52 Å². The lowest BCUT2D eigenvalue weighted by molar-refractivity contribution is 0.392. The topological polar surface area (TPSA) is 124 Å². The Kier molecular flexibility index (Phi) is 4.71. The molecule has 4 rings (SSSR count). The van der Waals surface area contributed by atoms with Crippen LogP contribution in [0.1, 0.15) is 40.2 Å². The minimum Gasteiger partial charge on any atom is -0.494 e. The van der Waals surface area contributed by atoms with Crippen molar-refractivity contribution in [2.75, 3.05) is 0 Å². The average molecular weight is 396 g/mol. The van der Waals surface area contributed by atoms with Crippen LogP contribution in [0.5, 0.6) is 5.88 Å². The van der Waals surface area contributed by atoms with Crippen LogP contribution in [0.3, 0.4) is 0 Å². The second kappa shape index (κ2) is 7.32. The Morgan fingerprint density at radius 1 is 1.39 bits per heavy atom. The molecular weight excluding hydrogens is 380 g/mol. The molecule has 8 nitrogen and oxygen atoms in total. The monoisotopic (exact) mass is 396 g/mol. The van der Waals surface area contributed by atoms with Gasteiger partial charge < -0.3 is 9.52 Å². The normalized spacial score (nSPS) is 13.5. The van der Waals surface area contributed by atoms with Gasteiger partial charge in [-0.2, -0.15) is 5.26 Å². The Labute approximate surface area is 163 Å². The van der Waals surface area contributed by atoms with Gasteiger partial charge in [-0.15, -0.1) is 11.3 Å². The number of rotatable bonds is 4. The minimum absolute atomic E-state index is 0.0357. The number of nitriles is 1. The Morgan fingerprint density at radius 2 is 2.21 bits per heavy atom. The maximum Gasteiger partial charge on any atom is 0.331 e. The van der Waals surface area contributed by atoms with E-state index in [-0.39, 0.29) is 12.1 Å². The third-order valence-corrected chi connectivity index (χ3v) is 5.88. The smallest absolute Gasteiger partial charge is 0.331 e. The molecule has 0 spiro atoms. The quantitative estimate of drug-likeness (QED) is 0.656. The molecule has 0 radical (unpaired) electrons. The van der Waals surface area contributed by atoms with Crippen LogP contribution < -0.4 is 11.2 Å². The van der Waals surface area contributed by atoms with E-state index in [4.69, 9.17) is 4.42 Å². The van der Waals surface area contributed by atoms with Gasteiger partial charge in [0.05, 0.1) is 18.4 Å². The molecule has 3 heterocycles. The molecule has 28 heavy (non-hydrogen) atoms. The highest BCUT2D eigenvalue weighted by atomic mass is 32.1. The van der Waals surface area contributed by atoms with Crippen LogP contribution in [-0.2, 0) is 19.4 Å². The SMILES string of the molecule is N#Cc1c(/N=C/c2c(O)n(Cc3ccco3)c(=O)[nH]c2=O)sc2c1CCCC2. The van der Waals surface area contributed by atoms with Crippen LogP contribution in [0.2, 0.25) is 0 Å². The molecule has 0 bridgehead atoms. The third-order valence-electron chi connectivity index (χ3n) is 4.68. The van der Waals surface area contributed by atoms with E-state index in [0.29, 0.717) is 16.3 Å². The van der Waals surface area contributed by atoms with Crippen molar-refractivity contribution in [3.63, 3.8) is 0 Å². The van der Waals surface area contributed by atoms with Crippen molar-refractivity contribution in [2.24, 2.45) is 4.99 Å². The summed E-state index contributed by atoms with van der Waals surface area (Å²) >= 11 is 1.43. The number of aromatic nitrogens is 2. The summed E-state index contributed by atoms with van der Waals surface area (Å²) in [7, 11) is 0. The highest BCUT2D eigenvalue weighted by molar-refractivity contribution is 7.16. The molecule has 0 saturated carbocycles. The Hall–Kier alpha value is -3.38. The number of nitrogens with zero attached hydrogens (tertiary/aromatic N) is 3. The van der Waals surface area contributed by atoms with Gasteiger partial charge in [0.1, 0.15) is 22.4 Å². The molecule has 0 aliphatic heterocycles. The van der Waals surface area contributed by atoms with Crippen LogP contribution in [0.15, 0.2) is 37.4 Å². The number of aromatic amines is 1. The summed E-state index contributed by atoms with van der Waals surface area (Å²) in [6, 6.07) is 5.51. The van der Waals surface area contributed by atoms with E-state index in [0.717, 1.165) is 40.7 Å². The summed E-state index contributed by atoms with van der Waals surface area (Å²) in [5, 5.41) is 20.5. The van der Waals surface area contributed by atoms with E-state index in [1.54, 1.807) is 12.1 Å². The van der Waals surface area contributed by atoms with E-state index in [1.165, 1.54) is 23.8 Å². The third kappa shape index (κ3) is 3.18. The number of hydrogen-bond acceptors (Lipinski definition) is 7. The highest BCUT2D eigenvalue weighted by Gasteiger charge is 2.21. The van der Waals surface area contributed by atoms with Crippen molar-refractivity contribution in [2.45, 2.75) is 32.2 Å². The molecule has 142 valence electrons. The predicted molar refractivity (Wildman–Crippen MR) is 104 cm³/mol. The van der Waals surface area contributed by atoms with Crippen molar-refractivity contribution in [1.29, 1.82) is 5.26 Å². The lowest BCUT2D eigenvalue weighted by Crippen LogP contribution is -2.32. The number of aliphatic imine (C=N–C) groups is 1. The molecule has 1 aliphatic carbocycles. The predicted octanol–water partition coefficient (Wildman–Crippen LogP) is 2.45. The van der Waals surface area contributed by atoms with Crippen LogP contribution in [-0.4, -0.2) is 20.9 Å². The molecule has 0 unspecified atom stereocenters. The molecule has 3 aromatic rings. The average Bonchev–Trinajstić information content (AvgIpc) is 3.31. The van der Waals surface area contributed by atoms with Gasteiger partial charge in [-0.1, -0.05) is 0 Å². The van der Waals surface area contributed by atoms with Gasteiger partial charge in [-0.05, 0) is 43.4 Å². The standard InChI is InChI=1S/C19H16N4O4S/c20-8-13-12-5-1-2-6-15(12)28-17(13)21-9-14-16(24)22-19(26)23(18(14)25)10-11-4-3-7-27-11/h3-4,7,9,25H,1-2,5-6,10H2,(H,22,24,26)/b21-9+. The molecule has 1 aliphatic rings. The Bertz CT molecular complexity index is 1210. The number of thiophene rings is 1. The fourth-order valence-corrected chi connectivity index (χ4v) is 4.46. The number of aromatic hydroxyl groups is 1. The van der Waals surface area contributed by atoms with E-state index in [1.807, 2.05) is 0 Å². The van der Waals surface area contributed by atoms with E-state index < -0.39 is 17.1 Å². The molecular formula is C19H16N4O4S. The number of nitrogens with one attached hydrogen (secondary N) is 1. The summed E-state index contributed by atoms with van der Waals surface area (Å²) < 4.78 is 6.19. The van der Waals surface area contributed by atoms with Crippen LogP contribution >= 0.6 is 11.3 Å². The van der Waals surface area contributed by atoms with Crippen LogP contribution in [0.4, 0.5) is 5.00 Å². The van der Waals surface area contributed by atoms with Crippen LogP contribution in [0, 0.1) is 11.3 Å². The highest BCUT2D eigenvalue weighted by Crippen LogP contribution is 2.39. The van der Waals surface area contributed by atoms with Crippen molar-refractivity contribution >= 4 is 22.6 Å². The van der Waals surface area contributed by atoms with Crippen molar-refractivity contribution in [1.82, 2.24) is 9.55 Å². The lowest BCUT2D eigenvalue weighted by Gasteiger charge is -2.09. The van der Waals surface area contributed by atoms with Gasteiger partial charge in [0.25, 0.3) is 5.56 Å². The fourth-order valence-electron chi connectivity index (χ4n) is 3.28. The zero-order valence-electron chi connectivity index (χ0n) is 14.8. The largest absolute Gasteiger partial charge is 0.494 e. The summed E-state index contributed by atoms with van der Waals surface area (Å²) in [4.78, 5) is 31.9. The zero-order valence-corrected chi connectivity index (χ0v) is 15.6. The fraction of sp³-hybridized carbons (Fsp3) is 0.263. The van der Waals surface area contributed by atoms with Gasteiger partial charge in [0.15, 0.2) is 0 Å². The molecule has 0 aromatic carbocycles. The zero-order chi connectivity index (χ0) is 19.7. The first-order valence-corrected chi connectivity index (χ1v) is 9.57. The summed E-state index contributed by atoms with van der Waals surface area (Å²) in [6.45, 7) is -0.0357. The van der Waals surface area contributed by atoms with Gasteiger partial charge in [-0.25, -0.2) is 9.79 Å². The van der Waals surface area contributed by atoms with Crippen molar-refractivity contribution in [3.8, 4) is 11.9 Å². The number of H-pyrrole nitrogens is 1. The van der Waals surface area contributed by atoms with E-state index >= 15 is 0 Å². The second-order valence-electron chi connectivity index (χ2n) is 6.42. The van der Waals surface area contributed by atoms with Gasteiger partial charge in [0.2, 0.25) is 5.88 Å². The molecule has 0 fully saturated rings. The summed E-state index contributed by atoms with van der Waals surface area (Å²) in [6.07, 6.45) is 6.55. The van der Waals surface area contributed by atoms with Gasteiger partial charge >= 0.3 is 5.69 Å². The second-order valence-corrected chi connectivity index (χ2v) is 7.51. The Morgan fingerprint density at radius 3 is 2.96 bits per heavy atom. The summed E-state index contributed by atoms with van der Waals surface area (Å²) in [5.74, 6) is -0.0567. The van der Waals surface area contributed by atoms with Crippen LogP contribution in [0.25, 0.3) is 0 Å². The minimum atomic E-state index is -0.750. The van der Waals surface area contributed by atoms with Gasteiger partial charge in [0, 0.05) is 11.1 Å². The lowest BCUT2D eigenvalue weighted by atomic mass is 9.96. The Balaban J connectivity index is 1.74. The first-order valence-electron chi connectivity index (χ1n) is 8.75. The molecule has 3 aromatic heterocycles. The van der Waals surface area contributed by atoms with E-state index in [9.17, 15) is 20.0 Å². The molecule has 0 saturated heterocycles. The number of aryl methyl sites for hydroxylation is 1. The first-order chi connectivity index (χ1) is 13.6.